The highest BCUT2D eigenvalue weighted by Gasteiger charge is 2.20. The predicted octanol–water partition coefficient (Wildman–Crippen LogP) is 2.57. The fourth-order valence-electron chi connectivity index (χ4n) is 3.11. The molecular formula is C20H25NO3. The molecule has 0 saturated carbocycles. The van der Waals surface area contributed by atoms with Crippen molar-refractivity contribution in [3.05, 3.63) is 59.2 Å². The number of fused-ring (bicyclic) bond motifs is 1. The van der Waals surface area contributed by atoms with Crippen molar-refractivity contribution in [2.45, 2.75) is 19.4 Å². The van der Waals surface area contributed by atoms with E-state index in [4.69, 9.17) is 14.6 Å². The van der Waals surface area contributed by atoms with Crippen molar-refractivity contribution in [3.8, 4) is 11.5 Å². The molecule has 1 aliphatic heterocycles. The molecule has 2 aromatic carbocycles. The Morgan fingerprint density at radius 3 is 2.71 bits per heavy atom. The third-order valence-electron chi connectivity index (χ3n) is 4.42. The monoisotopic (exact) mass is 327 g/mol. The summed E-state index contributed by atoms with van der Waals surface area (Å²) < 4.78 is 11.2. The number of hydrogen-bond donors (Lipinski definition) is 2. The summed E-state index contributed by atoms with van der Waals surface area (Å²) in [4.78, 5) is 0. The summed E-state index contributed by atoms with van der Waals surface area (Å²) >= 11 is 0. The molecule has 2 aromatic rings. The molecule has 3 rings (SSSR count). The van der Waals surface area contributed by atoms with Gasteiger partial charge in [-0.2, -0.15) is 0 Å². The summed E-state index contributed by atoms with van der Waals surface area (Å²) in [5.41, 5.74) is 3.84. The third kappa shape index (κ3) is 4.28. The van der Waals surface area contributed by atoms with E-state index in [0.29, 0.717) is 12.5 Å². The van der Waals surface area contributed by atoms with Gasteiger partial charge in [-0.25, -0.2) is 0 Å². The van der Waals surface area contributed by atoms with Gasteiger partial charge in [0.15, 0.2) is 0 Å². The lowest BCUT2D eigenvalue weighted by molar-refractivity contribution is 0.220. The Kier molecular flexibility index (Phi) is 5.72. The van der Waals surface area contributed by atoms with E-state index in [1.807, 2.05) is 12.1 Å². The van der Waals surface area contributed by atoms with Crippen LogP contribution < -0.4 is 14.8 Å². The van der Waals surface area contributed by atoms with Crippen molar-refractivity contribution in [2.75, 3.05) is 26.9 Å². The molecule has 0 fully saturated rings. The summed E-state index contributed by atoms with van der Waals surface area (Å²) in [5.74, 6) is 2.30. The molecule has 4 heteroatoms. The van der Waals surface area contributed by atoms with Gasteiger partial charge >= 0.3 is 0 Å². The van der Waals surface area contributed by atoms with Crippen molar-refractivity contribution in [3.63, 3.8) is 0 Å². The number of ether oxygens (including phenoxy) is 2. The average Bonchev–Trinajstić information content (AvgIpc) is 2.63. The number of aliphatic hydroxyl groups excluding tert-OH is 1. The van der Waals surface area contributed by atoms with Gasteiger partial charge in [-0.1, -0.05) is 30.3 Å². The number of nitrogens with one attached hydrogen (secondary N) is 1. The van der Waals surface area contributed by atoms with E-state index in [1.165, 1.54) is 16.7 Å². The second-order valence-electron chi connectivity index (χ2n) is 6.28. The van der Waals surface area contributed by atoms with E-state index in [-0.39, 0.29) is 6.61 Å². The molecule has 0 aliphatic carbocycles. The van der Waals surface area contributed by atoms with Crippen molar-refractivity contribution < 1.29 is 14.6 Å². The maximum Gasteiger partial charge on any atom is 0.126 e. The van der Waals surface area contributed by atoms with E-state index in [1.54, 1.807) is 7.11 Å². The van der Waals surface area contributed by atoms with Crippen LogP contribution in [-0.4, -0.2) is 32.0 Å². The molecule has 24 heavy (non-hydrogen) atoms. The van der Waals surface area contributed by atoms with E-state index in [0.717, 1.165) is 37.5 Å². The number of benzene rings is 2. The summed E-state index contributed by atoms with van der Waals surface area (Å²) in [6.07, 6.45) is 2.06. The number of aliphatic hydroxyl groups is 1. The van der Waals surface area contributed by atoms with Crippen LogP contribution in [0.1, 0.15) is 16.7 Å². The highest BCUT2D eigenvalue weighted by molar-refractivity contribution is 5.42. The lowest BCUT2D eigenvalue weighted by atomic mass is 9.90. The molecule has 0 bridgehead atoms. The van der Waals surface area contributed by atoms with Gasteiger partial charge in [0.2, 0.25) is 0 Å². The molecule has 0 saturated heterocycles. The van der Waals surface area contributed by atoms with Crippen LogP contribution >= 0.6 is 0 Å². The molecule has 2 N–H and O–H groups in total. The minimum absolute atomic E-state index is 0.174. The second-order valence-corrected chi connectivity index (χ2v) is 6.28. The van der Waals surface area contributed by atoms with E-state index in [9.17, 15) is 0 Å². The van der Waals surface area contributed by atoms with Gasteiger partial charge < -0.3 is 19.9 Å². The Labute approximate surface area is 143 Å². The quantitative estimate of drug-likeness (QED) is 0.768. The van der Waals surface area contributed by atoms with Crippen molar-refractivity contribution in [1.29, 1.82) is 0 Å². The maximum atomic E-state index is 8.79. The fraction of sp³-hybridized carbons (Fsp3) is 0.400. The third-order valence-corrected chi connectivity index (χ3v) is 4.42. The topological polar surface area (TPSA) is 50.7 Å². The summed E-state index contributed by atoms with van der Waals surface area (Å²) in [6, 6.07) is 14.8. The average molecular weight is 327 g/mol. The number of rotatable bonds is 7. The SMILES string of the molecule is COc1ccc2c(c1)OCC(Cc1ccc(CNCCO)cc1)C2. The molecule has 1 heterocycles. The Morgan fingerprint density at radius 2 is 1.96 bits per heavy atom. The van der Waals surface area contributed by atoms with Gasteiger partial charge in [0.1, 0.15) is 11.5 Å². The molecular weight excluding hydrogens is 302 g/mol. The number of hydrogen-bond acceptors (Lipinski definition) is 4. The summed E-state index contributed by atoms with van der Waals surface area (Å²) in [6.45, 7) is 2.35. The first kappa shape index (κ1) is 16.8. The lowest BCUT2D eigenvalue weighted by Crippen LogP contribution is -2.22. The molecule has 0 radical (unpaired) electrons. The molecule has 1 unspecified atom stereocenters. The molecule has 0 spiro atoms. The predicted molar refractivity (Wildman–Crippen MR) is 94.6 cm³/mol. The first-order valence-corrected chi connectivity index (χ1v) is 8.47. The Bertz CT molecular complexity index is 654. The molecule has 4 nitrogen and oxygen atoms in total. The highest BCUT2D eigenvalue weighted by Crippen LogP contribution is 2.32. The van der Waals surface area contributed by atoms with Gasteiger partial charge in [-0.15, -0.1) is 0 Å². The van der Waals surface area contributed by atoms with Gasteiger partial charge in [-0.3, -0.25) is 0 Å². The molecule has 128 valence electrons. The number of methoxy groups -OCH3 is 1. The van der Waals surface area contributed by atoms with Crippen molar-refractivity contribution in [1.82, 2.24) is 5.32 Å². The minimum Gasteiger partial charge on any atom is -0.497 e. The maximum absolute atomic E-state index is 8.79. The highest BCUT2D eigenvalue weighted by atomic mass is 16.5. The Morgan fingerprint density at radius 1 is 1.17 bits per heavy atom. The summed E-state index contributed by atoms with van der Waals surface area (Å²) in [7, 11) is 1.68. The summed E-state index contributed by atoms with van der Waals surface area (Å²) in [5, 5.41) is 12.0. The smallest absolute Gasteiger partial charge is 0.126 e. The van der Waals surface area contributed by atoms with Crippen LogP contribution in [0, 0.1) is 5.92 Å². The molecule has 0 aromatic heterocycles. The van der Waals surface area contributed by atoms with Crippen LogP contribution in [0.5, 0.6) is 11.5 Å². The minimum atomic E-state index is 0.174. The van der Waals surface area contributed by atoms with Crippen molar-refractivity contribution >= 4 is 0 Å². The van der Waals surface area contributed by atoms with Crippen LogP contribution in [0.4, 0.5) is 0 Å². The fourth-order valence-corrected chi connectivity index (χ4v) is 3.11. The van der Waals surface area contributed by atoms with Crippen LogP contribution in [0.2, 0.25) is 0 Å². The van der Waals surface area contributed by atoms with Crippen LogP contribution in [0.3, 0.4) is 0 Å². The molecule has 0 amide bonds. The van der Waals surface area contributed by atoms with E-state index in [2.05, 4.69) is 35.6 Å². The van der Waals surface area contributed by atoms with E-state index < -0.39 is 0 Å². The largest absolute Gasteiger partial charge is 0.497 e. The Hall–Kier alpha value is -2.04. The van der Waals surface area contributed by atoms with Gasteiger partial charge in [-0.05, 0) is 35.6 Å². The molecule has 1 atom stereocenters. The Balaban J connectivity index is 1.56. The zero-order valence-corrected chi connectivity index (χ0v) is 14.1. The first-order chi connectivity index (χ1) is 11.8. The van der Waals surface area contributed by atoms with Crippen molar-refractivity contribution in [2.24, 2.45) is 5.92 Å². The molecule has 1 aliphatic rings. The zero-order valence-electron chi connectivity index (χ0n) is 14.1. The lowest BCUT2D eigenvalue weighted by Gasteiger charge is -2.25. The van der Waals surface area contributed by atoms with Crippen LogP contribution in [-0.2, 0) is 19.4 Å². The normalized spacial score (nSPS) is 16.3. The first-order valence-electron chi connectivity index (χ1n) is 8.47. The van der Waals surface area contributed by atoms with Gasteiger partial charge in [0.25, 0.3) is 0 Å². The van der Waals surface area contributed by atoms with Crippen LogP contribution in [0.15, 0.2) is 42.5 Å². The standard InChI is InChI=1S/C20H25NO3/c1-23-19-7-6-18-11-17(14-24-20(18)12-19)10-15-2-4-16(5-3-15)13-21-8-9-22/h2-7,12,17,21-22H,8-11,13-14H2,1H3. The van der Waals surface area contributed by atoms with Gasteiger partial charge in [0, 0.05) is 25.1 Å². The second kappa shape index (κ2) is 8.18. The van der Waals surface area contributed by atoms with Crippen LogP contribution in [0.25, 0.3) is 0 Å². The zero-order chi connectivity index (χ0) is 16.8. The van der Waals surface area contributed by atoms with Gasteiger partial charge in [0.05, 0.1) is 20.3 Å². The van der Waals surface area contributed by atoms with E-state index >= 15 is 0 Å².